The molecule has 7 heteroatoms. The second kappa shape index (κ2) is 11.9. The highest BCUT2D eigenvalue weighted by atomic mass is 35.5. The van der Waals surface area contributed by atoms with E-state index in [0.29, 0.717) is 17.2 Å². The van der Waals surface area contributed by atoms with Gasteiger partial charge in [0.2, 0.25) is 0 Å². The van der Waals surface area contributed by atoms with Gasteiger partial charge in [0.15, 0.2) is 11.5 Å². The summed E-state index contributed by atoms with van der Waals surface area (Å²) >= 11 is 1.47. The molecule has 0 aliphatic heterocycles. The average Bonchev–Trinajstić information content (AvgIpc) is 3.15. The number of methoxy groups -OCH3 is 1. The highest BCUT2D eigenvalue weighted by Crippen LogP contribution is 2.35. The molecule has 2 aromatic rings. The van der Waals surface area contributed by atoms with Crippen LogP contribution in [0.1, 0.15) is 37.4 Å². The topological polar surface area (TPSA) is 50.8 Å². The normalized spacial score (nSPS) is 10.7. The highest BCUT2D eigenvalue weighted by Gasteiger charge is 2.13. The number of nitrogens with zero attached hydrogens (tertiary/aromatic N) is 1. The summed E-state index contributed by atoms with van der Waals surface area (Å²) in [6, 6.07) is 9.85. The van der Waals surface area contributed by atoms with Crippen molar-refractivity contribution >= 4 is 29.7 Å². The predicted molar refractivity (Wildman–Crippen MR) is 119 cm³/mol. The number of nitrogens with one attached hydrogen (secondary N) is 1. The third-order valence-electron chi connectivity index (χ3n) is 4.26. The smallest absolute Gasteiger partial charge is 0.261 e. The minimum absolute atomic E-state index is 0. The summed E-state index contributed by atoms with van der Waals surface area (Å²) in [7, 11) is 1.65. The van der Waals surface area contributed by atoms with Crippen LogP contribution in [-0.4, -0.2) is 50.2 Å². The van der Waals surface area contributed by atoms with Gasteiger partial charge in [-0.05, 0) is 62.8 Å². The molecule has 28 heavy (non-hydrogen) atoms. The van der Waals surface area contributed by atoms with E-state index >= 15 is 0 Å². The molecule has 0 saturated heterocycles. The summed E-state index contributed by atoms with van der Waals surface area (Å²) in [6.07, 6.45) is 0. The molecule has 1 amide bonds. The second-order valence-electron chi connectivity index (χ2n) is 6.53. The Morgan fingerprint density at radius 3 is 2.46 bits per heavy atom. The number of benzene rings is 1. The van der Waals surface area contributed by atoms with E-state index in [1.165, 1.54) is 11.3 Å². The van der Waals surface area contributed by atoms with Gasteiger partial charge in [0.1, 0.15) is 6.61 Å². The standard InChI is InChI=1S/C21H30N2O3S.ClH/c1-6-23(7-2)12-13-26-17-9-8-16(14-18(17)25-5)19-10-11-20(27-19)21(24)22-15(3)4;/h8-11,14-15H,6-7,12-13H2,1-5H3,(H,22,24);1H. The average molecular weight is 427 g/mol. The molecular weight excluding hydrogens is 396 g/mol. The first-order valence-corrected chi connectivity index (χ1v) is 10.2. The molecule has 0 fully saturated rings. The quantitative estimate of drug-likeness (QED) is 0.598. The lowest BCUT2D eigenvalue weighted by molar-refractivity contribution is 0.0947. The van der Waals surface area contributed by atoms with E-state index in [2.05, 4.69) is 24.1 Å². The summed E-state index contributed by atoms with van der Waals surface area (Å²) in [5.41, 5.74) is 1.01. The molecule has 156 valence electrons. The molecule has 5 nitrogen and oxygen atoms in total. The van der Waals surface area contributed by atoms with Crippen LogP contribution in [0, 0.1) is 0 Å². The number of ether oxygens (including phenoxy) is 2. The van der Waals surface area contributed by atoms with Crippen LogP contribution in [0.2, 0.25) is 0 Å². The van der Waals surface area contributed by atoms with Gasteiger partial charge in [0, 0.05) is 17.5 Å². The van der Waals surface area contributed by atoms with Crippen LogP contribution in [0.5, 0.6) is 11.5 Å². The van der Waals surface area contributed by atoms with Gasteiger partial charge >= 0.3 is 0 Å². The van der Waals surface area contributed by atoms with Crippen molar-refractivity contribution in [1.29, 1.82) is 0 Å². The first kappa shape index (κ1) is 24.3. The summed E-state index contributed by atoms with van der Waals surface area (Å²) in [5.74, 6) is 1.40. The molecule has 1 aromatic heterocycles. The lowest BCUT2D eigenvalue weighted by Crippen LogP contribution is -2.29. The number of hydrogen-bond donors (Lipinski definition) is 1. The van der Waals surface area contributed by atoms with E-state index in [9.17, 15) is 4.79 Å². The zero-order chi connectivity index (χ0) is 19.8. The van der Waals surface area contributed by atoms with Crippen molar-refractivity contribution in [2.45, 2.75) is 33.7 Å². The predicted octanol–water partition coefficient (Wildman–Crippen LogP) is 4.70. The van der Waals surface area contributed by atoms with Crippen molar-refractivity contribution in [2.24, 2.45) is 0 Å². The summed E-state index contributed by atoms with van der Waals surface area (Å²) in [5, 5.41) is 2.92. The maximum Gasteiger partial charge on any atom is 0.261 e. The maximum atomic E-state index is 12.2. The number of rotatable bonds is 10. The molecule has 0 spiro atoms. The number of amides is 1. The van der Waals surface area contributed by atoms with E-state index < -0.39 is 0 Å². The minimum atomic E-state index is -0.0374. The van der Waals surface area contributed by atoms with Crippen molar-refractivity contribution in [3.8, 4) is 21.9 Å². The van der Waals surface area contributed by atoms with Crippen molar-refractivity contribution in [2.75, 3.05) is 33.4 Å². The molecule has 0 unspecified atom stereocenters. The molecule has 0 bridgehead atoms. The van der Waals surface area contributed by atoms with Crippen molar-refractivity contribution in [1.82, 2.24) is 10.2 Å². The van der Waals surface area contributed by atoms with Gasteiger partial charge in [-0.3, -0.25) is 4.79 Å². The first-order chi connectivity index (χ1) is 13.0. The van der Waals surface area contributed by atoms with Crippen LogP contribution in [0.4, 0.5) is 0 Å². The third-order valence-corrected chi connectivity index (χ3v) is 5.39. The third kappa shape index (κ3) is 6.69. The Morgan fingerprint density at radius 1 is 1.14 bits per heavy atom. The number of thiophene rings is 1. The molecule has 2 rings (SSSR count). The van der Waals surface area contributed by atoms with Crippen LogP contribution in [-0.2, 0) is 0 Å². The Balaban J connectivity index is 0.00000392. The lowest BCUT2D eigenvalue weighted by atomic mass is 10.1. The number of hydrogen-bond acceptors (Lipinski definition) is 5. The fraction of sp³-hybridized carbons (Fsp3) is 0.476. The molecular formula is C21H31ClN2O3S. The minimum Gasteiger partial charge on any atom is -0.493 e. The Hall–Kier alpha value is -1.76. The molecule has 0 aliphatic carbocycles. The molecule has 1 heterocycles. The summed E-state index contributed by atoms with van der Waals surface area (Å²) < 4.78 is 11.4. The fourth-order valence-corrected chi connectivity index (χ4v) is 3.62. The van der Waals surface area contributed by atoms with Crippen LogP contribution in [0.15, 0.2) is 30.3 Å². The number of carbonyl (C=O) groups is 1. The molecule has 0 aliphatic rings. The number of carbonyl (C=O) groups excluding carboxylic acids is 1. The van der Waals surface area contributed by atoms with Gasteiger partial charge in [0.05, 0.1) is 12.0 Å². The molecule has 1 aromatic carbocycles. The molecule has 1 N–H and O–H groups in total. The van der Waals surface area contributed by atoms with Crippen molar-refractivity contribution < 1.29 is 14.3 Å². The highest BCUT2D eigenvalue weighted by molar-refractivity contribution is 7.17. The lowest BCUT2D eigenvalue weighted by Gasteiger charge is -2.18. The van der Waals surface area contributed by atoms with Crippen molar-refractivity contribution in [3.63, 3.8) is 0 Å². The van der Waals surface area contributed by atoms with Crippen molar-refractivity contribution in [3.05, 3.63) is 35.2 Å². The van der Waals surface area contributed by atoms with Crippen LogP contribution in [0.25, 0.3) is 10.4 Å². The van der Waals surface area contributed by atoms with Crippen LogP contribution >= 0.6 is 23.7 Å². The van der Waals surface area contributed by atoms with Crippen LogP contribution < -0.4 is 14.8 Å². The van der Waals surface area contributed by atoms with E-state index in [0.717, 1.165) is 35.8 Å². The fourth-order valence-electron chi connectivity index (χ4n) is 2.71. The maximum absolute atomic E-state index is 12.2. The van der Waals surface area contributed by atoms with Gasteiger partial charge in [-0.15, -0.1) is 23.7 Å². The first-order valence-electron chi connectivity index (χ1n) is 9.42. The summed E-state index contributed by atoms with van der Waals surface area (Å²) in [4.78, 5) is 16.2. The largest absolute Gasteiger partial charge is 0.493 e. The van der Waals surface area contributed by atoms with Crippen LogP contribution in [0.3, 0.4) is 0 Å². The van der Waals surface area contributed by atoms with E-state index in [1.807, 2.05) is 44.2 Å². The zero-order valence-electron chi connectivity index (χ0n) is 17.3. The second-order valence-corrected chi connectivity index (χ2v) is 7.62. The molecule has 0 atom stereocenters. The van der Waals surface area contributed by atoms with E-state index in [4.69, 9.17) is 9.47 Å². The molecule has 0 saturated carbocycles. The van der Waals surface area contributed by atoms with E-state index in [-0.39, 0.29) is 24.4 Å². The summed E-state index contributed by atoms with van der Waals surface area (Å²) in [6.45, 7) is 11.7. The van der Waals surface area contributed by atoms with Gasteiger partial charge in [0.25, 0.3) is 5.91 Å². The number of likely N-dealkylation sites (N-methyl/N-ethyl adjacent to an activating group) is 1. The molecule has 0 radical (unpaired) electrons. The Kier molecular flexibility index (Phi) is 10.4. The van der Waals surface area contributed by atoms with Gasteiger partial charge < -0.3 is 19.7 Å². The zero-order valence-corrected chi connectivity index (χ0v) is 18.9. The Bertz CT molecular complexity index is 745. The number of halogens is 1. The van der Waals surface area contributed by atoms with Gasteiger partial charge in [-0.1, -0.05) is 13.8 Å². The van der Waals surface area contributed by atoms with E-state index in [1.54, 1.807) is 7.11 Å². The van der Waals surface area contributed by atoms with Gasteiger partial charge in [-0.2, -0.15) is 0 Å². The SMILES string of the molecule is CCN(CC)CCOc1ccc(-c2ccc(C(=O)NC(C)C)s2)cc1OC.Cl. The van der Waals surface area contributed by atoms with Gasteiger partial charge in [-0.25, -0.2) is 0 Å². The Morgan fingerprint density at radius 2 is 1.86 bits per heavy atom. The Labute approximate surface area is 178 Å². The monoisotopic (exact) mass is 426 g/mol.